The van der Waals surface area contributed by atoms with E-state index in [-0.39, 0.29) is 5.41 Å². The lowest BCUT2D eigenvalue weighted by Crippen LogP contribution is -2.45. The van der Waals surface area contributed by atoms with E-state index in [1.807, 2.05) is 23.1 Å². The Morgan fingerprint density at radius 1 is 1.20 bits per heavy atom. The van der Waals surface area contributed by atoms with Gasteiger partial charge in [0.25, 0.3) is 0 Å². The molecule has 1 aliphatic carbocycles. The van der Waals surface area contributed by atoms with Crippen molar-refractivity contribution in [3.63, 3.8) is 0 Å². The van der Waals surface area contributed by atoms with Gasteiger partial charge in [-0.25, -0.2) is 0 Å². The first-order chi connectivity index (χ1) is 9.63. The van der Waals surface area contributed by atoms with Gasteiger partial charge in [0.15, 0.2) is 0 Å². The Labute approximate surface area is 125 Å². The zero-order valence-electron chi connectivity index (χ0n) is 11.5. The van der Waals surface area contributed by atoms with E-state index in [9.17, 15) is 4.79 Å². The van der Waals surface area contributed by atoms with Crippen LogP contribution in [0.2, 0.25) is 0 Å². The Bertz CT molecular complexity index is 517. The lowest BCUT2D eigenvalue weighted by Gasteiger charge is -2.34. The van der Waals surface area contributed by atoms with Crippen LogP contribution in [-0.4, -0.2) is 28.9 Å². The summed E-state index contributed by atoms with van der Waals surface area (Å²) in [5.74, 6) is 0.603. The van der Waals surface area contributed by atoms with Crippen LogP contribution in [0.4, 0.5) is 0 Å². The van der Waals surface area contributed by atoms with Crippen molar-refractivity contribution in [2.24, 2.45) is 11.7 Å². The number of nitrogens with zero attached hydrogens (tertiary/aromatic N) is 1. The van der Waals surface area contributed by atoms with Crippen LogP contribution in [0.25, 0.3) is 0 Å². The molecular weight excluding hydrogens is 268 g/mol. The molecule has 0 spiro atoms. The highest BCUT2D eigenvalue weighted by Gasteiger charge is 2.53. The van der Waals surface area contributed by atoms with E-state index in [0.29, 0.717) is 16.8 Å². The molecule has 2 N–H and O–H groups in total. The monoisotopic (exact) mass is 288 g/mol. The fourth-order valence-corrected chi connectivity index (χ4v) is 3.41. The molecule has 1 amide bonds. The first-order valence-electron chi connectivity index (χ1n) is 7.28. The van der Waals surface area contributed by atoms with Crippen LogP contribution >= 0.6 is 12.2 Å². The summed E-state index contributed by atoms with van der Waals surface area (Å²) in [6.45, 7) is 1.57. The third-order valence-corrected chi connectivity index (χ3v) is 5.00. The maximum Gasteiger partial charge on any atom is 0.233 e. The van der Waals surface area contributed by atoms with E-state index in [1.54, 1.807) is 0 Å². The highest BCUT2D eigenvalue weighted by molar-refractivity contribution is 7.80. The van der Waals surface area contributed by atoms with E-state index < -0.39 is 0 Å². The van der Waals surface area contributed by atoms with E-state index in [0.717, 1.165) is 38.8 Å². The van der Waals surface area contributed by atoms with Gasteiger partial charge in [0.2, 0.25) is 5.91 Å². The molecule has 1 aliphatic heterocycles. The number of likely N-dealkylation sites (tertiary alicyclic amines) is 1. The number of benzene rings is 1. The Kier molecular flexibility index (Phi) is 3.50. The molecule has 3 nitrogen and oxygen atoms in total. The third-order valence-electron chi connectivity index (χ3n) is 4.67. The molecule has 106 valence electrons. The lowest BCUT2D eigenvalue weighted by molar-refractivity contribution is -0.135. The largest absolute Gasteiger partial charge is 0.393 e. The van der Waals surface area contributed by atoms with Crippen molar-refractivity contribution in [3.05, 3.63) is 35.9 Å². The van der Waals surface area contributed by atoms with E-state index in [2.05, 4.69) is 12.1 Å². The van der Waals surface area contributed by atoms with E-state index in [4.69, 9.17) is 18.0 Å². The summed E-state index contributed by atoms with van der Waals surface area (Å²) in [5.41, 5.74) is 6.64. The summed E-state index contributed by atoms with van der Waals surface area (Å²) in [7, 11) is 0. The van der Waals surface area contributed by atoms with Gasteiger partial charge in [0, 0.05) is 19.0 Å². The Morgan fingerprint density at radius 3 is 2.30 bits per heavy atom. The number of carbonyl (C=O) groups is 1. The van der Waals surface area contributed by atoms with Crippen LogP contribution in [0.5, 0.6) is 0 Å². The fraction of sp³-hybridized carbons (Fsp3) is 0.500. The smallest absolute Gasteiger partial charge is 0.233 e. The molecule has 1 heterocycles. The zero-order valence-corrected chi connectivity index (χ0v) is 12.4. The second kappa shape index (κ2) is 5.17. The zero-order chi connectivity index (χ0) is 14.2. The average Bonchev–Trinajstić information content (AvgIpc) is 3.29. The third kappa shape index (κ3) is 2.33. The second-order valence-electron chi connectivity index (χ2n) is 5.92. The standard InChI is InChI=1S/C16H20N2OS/c17-14(20)12-6-10-18(11-7-12)15(19)16(8-9-16)13-4-2-1-3-5-13/h1-5,12H,6-11H2,(H2,17,20). The van der Waals surface area contributed by atoms with Gasteiger partial charge < -0.3 is 10.6 Å². The van der Waals surface area contributed by atoms with Gasteiger partial charge in [-0.3, -0.25) is 4.79 Å². The summed E-state index contributed by atoms with van der Waals surface area (Å²) in [5, 5.41) is 0. The summed E-state index contributed by atoms with van der Waals surface area (Å²) in [4.78, 5) is 15.4. The second-order valence-corrected chi connectivity index (χ2v) is 6.39. The van der Waals surface area contributed by atoms with E-state index in [1.165, 1.54) is 5.56 Å². The molecule has 4 heteroatoms. The van der Waals surface area contributed by atoms with Gasteiger partial charge >= 0.3 is 0 Å². The van der Waals surface area contributed by atoms with Crippen LogP contribution in [0.3, 0.4) is 0 Å². The number of hydrogen-bond acceptors (Lipinski definition) is 2. The van der Waals surface area contributed by atoms with Gasteiger partial charge in [-0.15, -0.1) is 0 Å². The number of nitrogens with two attached hydrogens (primary N) is 1. The minimum absolute atomic E-state index is 0.239. The van der Waals surface area contributed by atoms with Crippen LogP contribution < -0.4 is 5.73 Å². The van der Waals surface area contributed by atoms with Crippen LogP contribution in [0, 0.1) is 5.92 Å². The SMILES string of the molecule is NC(=S)C1CCN(C(=O)C2(c3ccccc3)CC2)CC1. The molecule has 1 aromatic rings. The number of amides is 1. The Hall–Kier alpha value is -1.42. The first kappa shape index (κ1) is 13.6. The van der Waals surface area contributed by atoms with Crippen LogP contribution in [0.1, 0.15) is 31.2 Å². The average molecular weight is 288 g/mol. The molecule has 0 radical (unpaired) electrons. The van der Waals surface area contributed by atoms with Gasteiger partial charge in [-0.05, 0) is 31.2 Å². The number of piperidine rings is 1. The van der Waals surface area contributed by atoms with Gasteiger partial charge in [0.05, 0.1) is 10.4 Å². The van der Waals surface area contributed by atoms with Crippen molar-refractivity contribution in [2.75, 3.05) is 13.1 Å². The fourth-order valence-electron chi connectivity index (χ4n) is 3.18. The minimum Gasteiger partial charge on any atom is -0.393 e. The lowest BCUT2D eigenvalue weighted by atomic mass is 9.91. The minimum atomic E-state index is -0.239. The van der Waals surface area contributed by atoms with Gasteiger partial charge in [-0.1, -0.05) is 42.5 Å². The summed E-state index contributed by atoms with van der Waals surface area (Å²) in [6.07, 6.45) is 3.77. The molecule has 1 aromatic carbocycles. The van der Waals surface area contributed by atoms with Crippen LogP contribution in [-0.2, 0) is 10.2 Å². The normalized spacial score (nSPS) is 21.5. The highest BCUT2D eigenvalue weighted by atomic mass is 32.1. The maximum absolute atomic E-state index is 12.8. The van der Waals surface area contributed by atoms with E-state index >= 15 is 0 Å². The number of rotatable bonds is 3. The van der Waals surface area contributed by atoms with Crippen molar-refractivity contribution in [2.45, 2.75) is 31.1 Å². The Morgan fingerprint density at radius 2 is 1.80 bits per heavy atom. The summed E-state index contributed by atoms with van der Waals surface area (Å²) >= 11 is 5.06. The molecule has 0 aromatic heterocycles. The van der Waals surface area contributed by atoms with Crippen molar-refractivity contribution in [1.29, 1.82) is 0 Å². The van der Waals surface area contributed by atoms with Gasteiger partial charge in [-0.2, -0.15) is 0 Å². The van der Waals surface area contributed by atoms with Crippen molar-refractivity contribution in [3.8, 4) is 0 Å². The molecule has 2 fully saturated rings. The summed E-state index contributed by atoms with van der Waals surface area (Å²) in [6, 6.07) is 10.2. The number of thiocarbonyl (C=S) groups is 1. The molecule has 1 saturated carbocycles. The van der Waals surface area contributed by atoms with Crippen molar-refractivity contribution < 1.29 is 4.79 Å². The van der Waals surface area contributed by atoms with Gasteiger partial charge in [0.1, 0.15) is 0 Å². The Balaban J connectivity index is 1.70. The first-order valence-corrected chi connectivity index (χ1v) is 7.68. The number of carbonyl (C=O) groups excluding carboxylic acids is 1. The molecule has 0 atom stereocenters. The van der Waals surface area contributed by atoms with Crippen molar-refractivity contribution in [1.82, 2.24) is 4.90 Å². The molecule has 20 heavy (non-hydrogen) atoms. The summed E-state index contributed by atoms with van der Waals surface area (Å²) < 4.78 is 0. The quantitative estimate of drug-likeness (QED) is 0.868. The molecule has 0 unspecified atom stereocenters. The predicted molar refractivity (Wildman–Crippen MR) is 83.4 cm³/mol. The topological polar surface area (TPSA) is 46.3 Å². The molecule has 2 aliphatic rings. The number of hydrogen-bond donors (Lipinski definition) is 1. The molecular formula is C16H20N2OS. The maximum atomic E-state index is 12.8. The molecule has 0 bridgehead atoms. The molecule has 1 saturated heterocycles. The molecule has 3 rings (SSSR count). The predicted octanol–water partition coefficient (Wildman–Crippen LogP) is 2.24. The highest BCUT2D eigenvalue weighted by Crippen LogP contribution is 2.49. The van der Waals surface area contributed by atoms with Crippen LogP contribution in [0.15, 0.2) is 30.3 Å². The van der Waals surface area contributed by atoms with Crippen molar-refractivity contribution >= 4 is 23.1 Å².